The van der Waals surface area contributed by atoms with Crippen molar-refractivity contribution in [3.63, 3.8) is 0 Å². The topological polar surface area (TPSA) is 21.3 Å². The average Bonchev–Trinajstić information content (AvgIpc) is 2.24. The summed E-state index contributed by atoms with van der Waals surface area (Å²) in [4.78, 5) is 0. The van der Waals surface area contributed by atoms with Crippen molar-refractivity contribution in [3.8, 4) is 0 Å². The second-order valence-electron chi connectivity index (χ2n) is 5.26. The monoisotopic (exact) mass is 183 g/mol. The minimum Gasteiger partial charge on any atom is -0.380 e. The van der Waals surface area contributed by atoms with E-state index in [1.54, 1.807) is 0 Å². The zero-order valence-corrected chi connectivity index (χ0v) is 8.86. The summed E-state index contributed by atoms with van der Waals surface area (Å²) in [6.45, 7) is 9.07. The molecule has 13 heavy (non-hydrogen) atoms. The van der Waals surface area contributed by atoms with Gasteiger partial charge >= 0.3 is 0 Å². The first-order chi connectivity index (χ1) is 6.18. The van der Waals surface area contributed by atoms with Gasteiger partial charge in [0, 0.05) is 12.0 Å². The fourth-order valence-electron chi connectivity index (χ4n) is 2.70. The van der Waals surface area contributed by atoms with Gasteiger partial charge in [-0.15, -0.1) is 0 Å². The smallest absolute Gasteiger partial charge is 0.0557 e. The quantitative estimate of drug-likeness (QED) is 0.669. The molecule has 1 atom stereocenters. The SMILES string of the molecule is CCC1(C)CCNCC2(COC2)C1. The first-order valence-electron chi connectivity index (χ1n) is 5.47. The van der Waals surface area contributed by atoms with Crippen molar-refractivity contribution in [2.75, 3.05) is 26.3 Å². The summed E-state index contributed by atoms with van der Waals surface area (Å²) >= 11 is 0. The van der Waals surface area contributed by atoms with E-state index in [1.165, 1.54) is 32.4 Å². The van der Waals surface area contributed by atoms with Crippen LogP contribution in [0.5, 0.6) is 0 Å². The Bertz CT molecular complexity index is 177. The molecule has 76 valence electrons. The normalized spacial score (nSPS) is 38.3. The van der Waals surface area contributed by atoms with E-state index in [9.17, 15) is 0 Å². The molecule has 2 heteroatoms. The lowest BCUT2D eigenvalue weighted by Crippen LogP contribution is -2.50. The van der Waals surface area contributed by atoms with Crippen molar-refractivity contribution >= 4 is 0 Å². The molecule has 2 fully saturated rings. The molecule has 0 aromatic rings. The Morgan fingerprint density at radius 1 is 1.38 bits per heavy atom. The highest BCUT2D eigenvalue weighted by atomic mass is 16.5. The van der Waals surface area contributed by atoms with Crippen LogP contribution in [-0.2, 0) is 4.74 Å². The molecule has 2 heterocycles. The standard InChI is InChI=1S/C11H21NO/c1-3-10(2)4-5-12-7-11(6-10)8-13-9-11/h12H,3-9H2,1-2H3. The van der Waals surface area contributed by atoms with Crippen LogP contribution in [0.4, 0.5) is 0 Å². The van der Waals surface area contributed by atoms with Crippen LogP contribution in [0.2, 0.25) is 0 Å². The lowest BCUT2D eigenvalue weighted by molar-refractivity contribution is -0.127. The van der Waals surface area contributed by atoms with Crippen LogP contribution in [0.15, 0.2) is 0 Å². The second kappa shape index (κ2) is 3.25. The molecule has 2 rings (SSSR count). The highest BCUT2D eigenvalue weighted by Crippen LogP contribution is 2.44. The van der Waals surface area contributed by atoms with Crippen molar-refractivity contribution < 1.29 is 4.74 Å². The van der Waals surface area contributed by atoms with Gasteiger partial charge in [0.05, 0.1) is 13.2 Å². The number of hydrogen-bond acceptors (Lipinski definition) is 2. The van der Waals surface area contributed by atoms with E-state index in [1.807, 2.05) is 0 Å². The van der Waals surface area contributed by atoms with Crippen molar-refractivity contribution in [1.29, 1.82) is 0 Å². The highest BCUT2D eigenvalue weighted by Gasteiger charge is 2.44. The minimum absolute atomic E-state index is 0.487. The number of hydrogen-bond donors (Lipinski definition) is 1. The van der Waals surface area contributed by atoms with Crippen LogP contribution in [0, 0.1) is 10.8 Å². The fourth-order valence-corrected chi connectivity index (χ4v) is 2.70. The average molecular weight is 183 g/mol. The maximum absolute atomic E-state index is 5.37. The molecule has 1 unspecified atom stereocenters. The predicted molar refractivity (Wildman–Crippen MR) is 53.8 cm³/mol. The molecular formula is C11H21NO. The largest absolute Gasteiger partial charge is 0.380 e. The van der Waals surface area contributed by atoms with Crippen LogP contribution in [0.3, 0.4) is 0 Å². The number of rotatable bonds is 1. The van der Waals surface area contributed by atoms with Gasteiger partial charge in [0.2, 0.25) is 0 Å². The fraction of sp³-hybridized carbons (Fsp3) is 1.00. The van der Waals surface area contributed by atoms with Gasteiger partial charge in [-0.3, -0.25) is 0 Å². The van der Waals surface area contributed by atoms with Gasteiger partial charge in [-0.2, -0.15) is 0 Å². The van der Waals surface area contributed by atoms with Crippen molar-refractivity contribution in [3.05, 3.63) is 0 Å². The van der Waals surface area contributed by atoms with E-state index < -0.39 is 0 Å². The van der Waals surface area contributed by atoms with Gasteiger partial charge in [-0.1, -0.05) is 20.3 Å². The summed E-state index contributed by atoms with van der Waals surface area (Å²) in [7, 11) is 0. The Balaban J connectivity index is 2.06. The molecule has 0 saturated carbocycles. The predicted octanol–water partition coefficient (Wildman–Crippen LogP) is 1.80. The Kier molecular flexibility index (Phi) is 2.37. The van der Waals surface area contributed by atoms with Gasteiger partial charge in [-0.25, -0.2) is 0 Å². The van der Waals surface area contributed by atoms with Crippen LogP contribution in [0.1, 0.15) is 33.1 Å². The maximum Gasteiger partial charge on any atom is 0.0557 e. The molecule has 2 aliphatic heterocycles. The van der Waals surface area contributed by atoms with Gasteiger partial charge in [0.15, 0.2) is 0 Å². The Labute approximate surface area is 81.0 Å². The van der Waals surface area contributed by atoms with Gasteiger partial charge in [0.1, 0.15) is 0 Å². The number of nitrogens with one attached hydrogen (secondary N) is 1. The molecule has 0 radical (unpaired) electrons. The Morgan fingerprint density at radius 2 is 2.15 bits per heavy atom. The summed E-state index contributed by atoms with van der Waals surface area (Å²) < 4.78 is 5.37. The molecular weight excluding hydrogens is 162 g/mol. The maximum atomic E-state index is 5.37. The van der Waals surface area contributed by atoms with Crippen molar-refractivity contribution in [2.24, 2.45) is 10.8 Å². The van der Waals surface area contributed by atoms with Gasteiger partial charge < -0.3 is 10.1 Å². The molecule has 2 aliphatic rings. The van der Waals surface area contributed by atoms with Crippen LogP contribution in [0.25, 0.3) is 0 Å². The highest BCUT2D eigenvalue weighted by molar-refractivity contribution is 4.95. The van der Waals surface area contributed by atoms with Crippen molar-refractivity contribution in [2.45, 2.75) is 33.1 Å². The second-order valence-corrected chi connectivity index (χ2v) is 5.26. The summed E-state index contributed by atoms with van der Waals surface area (Å²) in [5.74, 6) is 0. The molecule has 0 aliphatic carbocycles. The van der Waals surface area contributed by atoms with E-state index in [4.69, 9.17) is 4.74 Å². The minimum atomic E-state index is 0.487. The molecule has 2 saturated heterocycles. The summed E-state index contributed by atoms with van der Waals surface area (Å²) in [6.07, 6.45) is 3.98. The lowest BCUT2D eigenvalue weighted by Gasteiger charge is -2.45. The summed E-state index contributed by atoms with van der Waals surface area (Å²) in [6, 6.07) is 0. The zero-order chi connectivity index (χ0) is 9.36. The van der Waals surface area contributed by atoms with E-state index in [2.05, 4.69) is 19.2 Å². The number of ether oxygens (including phenoxy) is 1. The zero-order valence-electron chi connectivity index (χ0n) is 8.86. The molecule has 0 aromatic heterocycles. The summed E-state index contributed by atoms with van der Waals surface area (Å²) in [5, 5.41) is 3.55. The summed E-state index contributed by atoms with van der Waals surface area (Å²) in [5.41, 5.74) is 1.04. The Hall–Kier alpha value is -0.0800. The van der Waals surface area contributed by atoms with Gasteiger partial charge in [0.25, 0.3) is 0 Å². The van der Waals surface area contributed by atoms with E-state index in [0.717, 1.165) is 13.2 Å². The van der Waals surface area contributed by atoms with E-state index in [0.29, 0.717) is 10.8 Å². The van der Waals surface area contributed by atoms with E-state index in [-0.39, 0.29) is 0 Å². The van der Waals surface area contributed by atoms with Crippen molar-refractivity contribution in [1.82, 2.24) is 5.32 Å². The molecule has 2 nitrogen and oxygen atoms in total. The third kappa shape index (κ3) is 1.75. The molecule has 0 aromatic carbocycles. The first kappa shape index (κ1) is 9.47. The lowest BCUT2D eigenvalue weighted by atomic mass is 9.69. The van der Waals surface area contributed by atoms with Crippen LogP contribution < -0.4 is 5.32 Å². The third-order valence-corrected chi connectivity index (χ3v) is 3.88. The van der Waals surface area contributed by atoms with E-state index >= 15 is 0 Å². The molecule has 0 amide bonds. The molecule has 1 spiro atoms. The molecule has 0 bridgehead atoms. The van der Waals surface area contributed by atoms with Crippen LogP contribution in [-0.4, -0.2) is 26.3 Å². The molecule has 1 N–H and O–H groups in total. The van der Waals surface area contributed by atoms with Gasteiger partial charge in [-0.05, 0) is 24.8 Å². The third-order valence-electron chi connectivity index (χ3n) is 3.88. The van der Waals surface area contributed by atoms with Crippen LogP contribution >= 0.6 is 0 Å². The first-order valence-corrected chi connectivity index (χ1v) is 5.47. The Morgan fingerprint density at radius 3 is 2.69 bits per heavy atom.